The fraction of sp³-hybridized carbons (Fsp3) is 0.333. The number of aliphatic imine (C=N–C) groups is 1. The molecule has 0 aliphatic heterocycles. The Morgan fingerprint density at radius 3 is 2.33 bits per heavy atom. The smallest absolute Gasteiger partial charge is 0.262 e. The Kier molecular flexibility index (Phi) is 10.6. The second-order valence-corrected chi connectivity index (χ2v) is 1.66. The van der Waals surface area contributed by atoms with Crippen molar-refractivity contribution >= 4 is 11.6 Å². The third-order valence-electron chi connectivity index (χ3n) is 0.847. The Balaban J connectivity index is 0. The summed E-state index contributed by atoms with van der Waals surface area (Å²) >= 11 is 0. The first-order valence-electron chi connectivity index (χ1n) is 3.80. The molecule has 0 bridgehead atoms. The topological polar surface area (TPSA) is 55.4 Å². The molecule has 0 aliphatic rings. The van der Waals surface area contributed by atoms with Gasteiger partial charge < -0.3 is 5.73 Å². The van der Waals surface area contributed by atoms with Gasteiger partial charge in [0.1, 0.15) is 5.71 Å². The van der Waals surface area contributed by atoms with Crippen molar-refractivity contribution in [3.8, 4) is 0 Å². The van der Waals surface area contributed by atoms with Gasteiger partial charge in [-0.15, -0.1) is 0 Å². The highest BCUT2D eigenvalue weighted by Gasteiger charge is 1.94. The summed E-state index contributed by atoms with van der Waals surface area (Å²) in [6.45, 7) is 8.98. The molecule has 0 atom stereocenters. The first kappa shape index (κ1) is 13.2. The molecule has 0 aromatic carbocycles. The second kappa shape index (κ2) is 9.62. The van der Waals surface area contributed by atoms with Gasteiger partial charge >= 0.3 is 0 Å². The maximum atomic E-state index is 10.3. The van der Waals surface area contributed by atoms with E-state index in [9.17, 15) is 4.79 Å². The Morgan fingerprint density at radius 1 is 1.50 bits per heavy atom. The average molecular weight is 168 g/mol. The number of amides is 1. The number of nitrogens with two attached hydrogens (primary N) is 1. The Morgan fingerprint density at radius 2 is 2.00 bits per heavy atom. The lowest BCUT2D eigenvalue weighted by Gasteiger charge is -1.86. The molecule has 0 saturated carbocycles. The van der Waals surface area contributed by atoms with Crippen LogP contribution in [-0.2, 0) is 4.79 Å². The van der Waals surface area contributed by atoms with Gasteiger partial charge in [0.2, 0.25) is 0 Å². The summed E-state index contributed by atoms with van der Waals surface area (Å²) in [7, 11) is 0. The monoisotopic (exact) mass is 168 g/mol. The summed E-state index contributed by atoms with van der Waals surface area (Å²) in [5.41, 5.74) is 5.18. The fourth-order valence-corrected chi connectivity index (χ4v) is 0.279. The highest BCUT2D eigenvalue weighted by atomic mass is 16.1. The summed E-state index contributed by atoms with van der Waals surface area (Å²) in [6, 6.07) is 0. The van der Waals surface area contributed by atoms with E-state index >= 15 is 0 Å². The van der Waals surface area contributed by atoms with Crippen molar-refractivity contribution in [3.63, 3.8) is 0 Å². The fourth-order valence-electron chi connectivity index (χ4n) is 0.279. The number of nitrogens with zero attached hydrogens (tertiary/aromatic N) is 1. The van der Waals surface area contributed by atoms with Crippen molar-refractivity contribution in [3.05, 3.63) is 24.9 Å². The molecule has 0 heterocycles. The van der Waals surface area contributed by atoms with E-state index in [2.05, 4.69) is 11.6 Å². The van der Waals surface area contributed by atoms with Gasteiger partial charge in [0, 0.05) is 6.20 Å². The van der Waals surface area contributed by atoms with E-state index in [1.807, 2.05) is 13.8 Å². The molecule has 0 aromatic heterocycles. The van der Waals surface area contributed by atoms with Crippen molar-refractivity contribution < 1.29 is 4.79 Å². The number of allylic oxidation sites excluding steroid dienone is 2. The summed E-state index contributed by atoms with van der Waals surface area (Å²) in [6.07, 6.45) is 4.65. The van der Waals surface area contributed by atoms with E-state index < -0.39 is 5.91 Å². The average Bonchev–Trinajstić information content (AvgIpc) is 2.08. The molecule has 1 amide bonds. The lowest BCUT2D eigenvalue weighted by atomic mass is 10.4. The highest BCUT2D eigenvalue weighted by molar-refractivity contribution is 6.37. The lowest BCUT2D eigenvalue weighted by Crippen LogP contribution is -2.19. The summed E-state index contributed by atoms with van der Waals surface area (Å²) in [5.74, 6) is -0.506. The molecule has 3 nitrogen and oxygen atoms in total. The molecule has 0 saturated heterocycles. The Bertz CT molecular complexity index is 193. The zero-order valence-corrected chi connectivity index (χ0v) is 7.87. The SMILES string of the molecule is C=C/C=C\N=C(C)C(N)=O.CC. The number of hydrogen-bond donors (Lipinski definition) is 1. The van der Waals surface area contributed by atoms with Gasteiger partial charge in [0.15, 0.2) is 0 Å². The molecule has 0 fully saturated rings. The van der Waals surface area contributed by atoms with Crippen molar-refractivity contribution in [1.29, 1.82) is 0 Å². The molecule has 0 aliphatic carbocycles. The first-order valence-corrected chi connectivity index (χ1v) is 3.80. The first-order chi connectivity index (χ1) is 5.68. The van der Waals surface area contributed by atoms with Gasteiger partial charge in [-0.25, -0.2) is 0 Å². The van der Waals surface area contributed by atoms with E-state index in [4.69, 9.17) is 5.73 Å². The quantitative estimate of drug-likeness (QED) is 0.505. The Hall–Kier alpha value is -1.38. The molecule has 0 aromatic rings. The number of carbonyl (C=O) groups excluding carboxylic acids is 1. The molecule has 0 spiro atoms. The third-order valence-corrected chi connectivity index (χ3v) is 0.847. The van der Waals surface area contributed by atoms with Gasteiger partial charge in [-0.3, -0.25) is 9.79 Å². The van der Waals surface area contributed by atoms with Crippen LogP contribution >= 0.6 is 0 Å². The van der Waals surface area contributed by atoms with Crippen LogP contribution in [0.1, 0.15) is 20.8 Å². The van der Waals surface area contributed by atoms with Crippen LogP contribution < -0.4 is 5.73 Å². The minimum atomic E-state index is -0.506. The minimum Gasteiger partial charge on any atom is -0.365 e. The molecule has 0 radical (unpaired) electrons. The van der Waals surface area contributed by atoms with Crippen molar-refractivity contribution in [2.75, 3.05) is 0 Å². The van der Waals surface area contributed by atoms with E-state index in [1.54, 1.807) is 19.1 Å². The van der Waals surface area contributed by atoms with Gasteiger partial charge in [-0.2, -0.15) is 0 Å². The van der Waals surface area contributed by atoms with Crippen LogP contribution in [-0.4, -0.2) is 11.6 Å². The van der Waals surface area contributed by atoms with E-state index in [-0.39, 0.29) is 5.71 Å². The molecule has 3 heteroatoms. The normalized spacial score (nSPS) is 10.4. The van der Waals surface area contributed by atoms with Gasteiger partial charge in [0.25, 0.3) is 5.91 Å². The molecule has 2 N–H and O–H groups in total. The zero-order chi connectivity index (χ0) is 9.98. The molecule has 12 heavy (non-hydrogen) atoms. The maximum absolute atomic E-state index is 10.3. The van der Waals surface area contributed by atoms with Crippen LogP contribution in [0.15, 0.2) is 29.9 Å². The van der Waals surface area contributed by atoms with Crippen LogP contribution in [0.5, 0.6) is 0 Å². The summed E-state index contributed by atoms with van der Waals surface area (Å²) < 4.78 is 0. The lowest BCUT2D eigenvalue weighted by molar-refractivity contribution is -0.112. The van der Waals surface area contributed by atoms with Crippen LogP contribution in [0.2, 0.25) is 0 Å². The number of hydrogen-bond acceptors (Lipinski definition) is 2. The van der Waals surface area contributed by atoms with Crippen molar-refractivity contribution in [1.82, 2.24) is 0 Å². The molecular weight excluding hydrogens is 152 g/mol. The molecular formula is C9H16N2O. The number of primary amides is 1. The predicted octanol–water partition coefficient (Wildman–Crippen LogP) is 1.66. The third kappa shape index (κ3) is 8.62. The van der Waals surface area contributed by atoms with E-state index in [0.717, 1.165) is 0 Å². The molecule has 68 valence electrons. The molecule has 0 unspecified atom stereocenters. The molecule has 0 rings (SSSR count). The number of carbonyl (C=O) groups is 1. The summed E-state index contributed by atoms with van der Waals surface area (Å²) in [5, 5.41) is 0. The summed E-state index contributed by atoms with van der Waals surface area (Å²) in [4.78, 5) is 14.0. The predicted molar refractivity (Wildman–Crippen MR) is 53.0 cm³/mol. The van der Waals surface area contributed by atoms with Crippen molar-refractivity contribution in [2.24, 2.45) is 10.7 Å². The van der Waals surface area contributed by atoms with Crippen molar-refractivity contribution in [2.45, 2.75) is 20.8 Å². The van der Waals surface area contributed by atoms with E-state index in [1.165, 1.54) is 6.20 Å². The van der Waals surface area contributed by atoms with Gasteiger partial charge in [-0.1, -0.05) is 26.5 Å². The van der Waals surface area contributed by atoms with Gasteiger partial charge in [0.05, 0.1) is 0 Å². The Labute approximate surface area is 73.7 Å². The zero-order valence-electron chi connectivity index (χ0n) is 7.87. The maximum Gasteiger partial charge on any atom is 0.262 e. The van der Waals surface area contributed by atoms with Gasteiger partial charge in [-0.05, 0) is 13.0 Å². The highest BCUT2D eigenvalue weighted by Crippen LogP contribution is 1.79. The second-order valence-electron chi connectivity index (χ2n) is 1.66. The van der Waals surface area contributed by atoms with Crippen LogP contribution in [0.3, 0.4) is 0 Å². The van der Waals surface area contributed by atoms with Crippen LogP contribution in [0.4, 0.5) is 0 Å². The van der Waals surface area contributed by atoms with E-state index in [0.29, 0.717) is 0 Å². The van der Waals surface area contributed by atoms with Crippen LogP contribution in [0.25, 0.3) is 0 Å². The van der Waals surface area contributed by atoms with Crippen LogP contribution in [0, 0.1) is 0 Å². The minimum absolute atomic E-state index is 0.290. The largest absolute Gasteiger partial charge is 0.365 e. The standard InChI is InChI=1S/C7H10N2O.C2H6/c1-3-4-5-9-6(2)7(8)10;1-2/h3-5H,1H2,2H3,(H2,8,10);1-2H3/b5-4-,9-6?;. The number of rotatable bonds is 3.